The van der Waals surface area contributed by atoms with Crippen molar-refractivity contribution in [3.63, 3.8) is 0 Å². The Balaban J connectivity index is 1.82. The van der Waals surface area contributed by atoms with E-state index < -0.39 is 0 Å². The first kappa shape index (κ1) is 14.2. The lowest BCUT2D eigenvalue weighted by Gasteiger charge is -2.39. The molecule has 0 saturated carbocycles. The molecule has 1 N–H and O–H groups in total. The third kappa shape index (κ3) is 2.00. The maximum Gasteiger partial charge on any atom is 0.344 e. The van der Waals surface area contributed by atoms with Gasteiger partial charge >= 0.3 is 6.03 Å². The third-order valence-electron chi connectivity index (χ3n) is 4.70. The Labute approximate surface area is 131 Å². The summed E-state index contributed by atoms with van der Waals surface area (Å²) in [4.78, 5) is 28.3. The van der Waals surface area contributed by atoms with E-state index in [0.29, 0.717) is 23.6 Å². The van der Waals surface area contributed by atoms with Crippen LogP contribution in [0, 0.1) is 12.8 Å². The molecule has 3 aliphatic heterocycles. The molecule has 0 radical (unpaired) electrons. The zero-order valence-corrected chi connectivity index (χ0v) is 13.5. The lowest BCUT2D eigenvalue weighted by molar-refractivity contribution is -0.0708. The zero-order chi connectivity index (χ0) is 15.6. The molecule has 2 saturated heterocycles. The molecule has 4 atom stereocenters. The summed E-state index contributed by atoms with van der Waals surface area (Å²) in [5.41, 5.74) is -0.298. The SMILES string of the molecule is Cc1nn2c(nc1=O)C1C(NC2=O)SC2COC(C)(C)CC21. The Hall–Kier alpha value is -1.41. The maximum absolute atomic E-state index is 12.2. The third-order valence-corrected chi connectivity index (χ3v) is 6.24. The number of ether oxygens (including phenoxy) is 1. The first-order valence-electron chi connectivity index (χ1n) is 7.44. The Bertz CT molecular complexity index is 717. The van der Waals surface area contributed by atoms with Crippen molar-refractivity contribution in [1.29, 1.82) is 0 Å². The fourth-order valence-electron chi connectivity index (χ4n) is 3.66. The minimum atomic E-state index is -0.348. The van der Waals surface area contributed by atoms with Crippen LogP contribution in [0.25, 0.3) is 0 Å². The summed E-state index contributed by atoms with van der Waals surface area (Å²) >= 11 is 1.72. The first-order chi connectivity index (χ1) is 10.4. The molecular weight excluding hydrogens is 304 g/mol. The minimum Gasteiger partial charge on any atom is -0.374 e. The molecule has 118 valence electrons. The van der Waals surface area contributed by atoms with E-state index >= 15 is 0 Å². The second kappa shape index (κ2) is 4.55. The molecule has 4 unspecified atom stereocenters. The van der Waals surface area contributed by atoms with Crippen LogP contribution in [0.5, 0.6) is 0 Å². The topological polar surface area (TPSA) is 86.1 Å². The number of thioether (sulfide) groups is 1. The van der Waals surface area contributed by atoms with E-state index in [4.69, 9.17) is 4.74 Å². The summed E-state index contributed by atoms with van der Waals surface area (Å²) in [6.07, 6.45) is 0.880. The molecule has 22 heavy (non-hydrogen) atoms. The van der Waals surface area contributed by atoms with E-state index in [0.717, 1.165) is 6.42 Å². The molecule has 1 aromatic rings. The molecular formula is C14H18N4O3S. The van der Waals surface area contributed by atoms with Gasteiger partial charge in [0.15, 0.2) is 0 Å². The van der Waals surface area contributed by atoms with Crippen molar-refractivity contribution < 1.29 is 9.53 Å². The lowest BCUT2D eigenvalue weighted by Crippen LogP contribution is -2.50. The van der Waals surface area contributed by atoms with Crippen LogP contribution in [0.4, 0.5) is 4.79 Å². The van der Waals surface area contributed by atoms with Gasteiger partial charge in [0.05, 0.1) is 23.5 Å². The van der Waals surface area contributed by atoms with Crippen LogP contribution in [-0.4, -0.2) is 43.6 Å². The largest absolute Gasteiger partial charge is 0.374 e. The van der Waals surface area contributed by atoms with E-state index in [2.05, 4.69) is 29.2 Å². The van der Waals surface area contributed by atoms with Crippen molar-refractivity contribution in [2.45, 2.75) is 49.3 Å². The normalized spacial score (nSPS) is 35.3. The van der Waals surface area contributed by atoms with Gasteiger partial charge in [0.1, 0.15) is 11.5 Å². The van der Waals surface area contributed by atoms with Crippen LogP contribution < -0.4 is 10.9 Å². The Morgan fingerprint density at radius 1 is 1.41 bits per heavy atom. The Morgan fingerprint density at radius 2 is 2.18 bits per heavy atom. The van der Waals surface area contributed by atoms with E-state index in [9.17, 15) is 9.59 Å². The van der Waals surface area contributed by atoms with Gasteiger partial charge in [0.25, 0.3) is 5.56 Å². The molecule has 1 amide bonds. The fourth-order valence-corrected chi connectivity index (χ4v) is 5.31. The van der Waals surface area contributed by atoms with Crippen molar-refractivity contribution in [3.05, 3.63) is 21.9 Å². The quantitative estimate of drug-likeness (QED) is 0.762. The second-order valence-corrected chi connectivity index (χ2v) is 8.17. The van der Waals surface area contributed by atoms with Crippen LogP contribution in [0.3, 0.4) is 0 Å². The molecule has 8 heteroatoms. The van der Waals surface area contributed by atoms with E-state index in [-0.39, 0.29) is 34.2 Å². The molecule has 0 bridgehead atoms. The summed E-state index contributed by atoms with van der Waals surface area (Å²) in [6.45, 7) is 6.40. The van der Waals surface area contributed by atoms with Gasteiger partial charge in [0.2, 0.25) is 0 Å². The van der Waals surface area contributed by atoms with Gasteiger partial charge in [-0.15, -0.1) is 11.8 Å². The van der Waals surface area contributed by atoms with Gasteiger partial charge in [-0.2, -0.15) is 14.8 Å². The summed E-state index contributed by atoms with van der Waals surface area (Å²) in [5.74, 6) is 0.834. The minimum absolute atomic E-state index is 0.0108. The molecule has 4 heterocycles. The van der Waals surface area contributed by atoms with Crippen molar-refractivity contribution in [1.82, 2.24) is 20.1 Å². The molecule has 3 aliphatic rings. The summed E-state index contributed by atoms with van der Waals surface area (Å²) in [6, 6.07) is -0.307. The molecule has 7 nitrogen and oxygen atoms in total. The maximum atomic E-state index is 12.2. The average molecular weight is 322 g/mol. The van der Waals surface area contributed by atoms with Gasteiger partial charge in [-0.3, -0.25) is 4.79 Å². The van der Waals surface area contributed by atoms with Crippen molar-refractivity contribution in [2.75, 3.05) is 6.61 Å². The van der Waals surface area contributed by atoms with Crippen molar-refractivity contribution in [2.24, 2.45) is 5.92 Å². The smallest absolute Gasteiger partial charge is 0.344 e. The van der Waals surface area contributed by atoms with Crippen LogP contribution in [-0.2, 0) is 4.74 Å². The fraction of sp³-hybridized carbons (Fsp3) is 0.714. The first-order valence-corrected chi connectivity index (χ1v) is 8.38. The zero-order valence-electron chi connectivity index (χ0n) is 12.7. The standard InChI is InChI=1S/C14H18N4O3S/c1-6-11(19)15-10-9-7-4-14(2,3)21-5-8(7)22-12(9)16-13(20)18(10)17-6/h7-9,12H,4-5H2,1-3H3,(H,16,20). The Morgan fingerprint density at radius 3 is 2.95 bits per heavy atom. The molecule has 0 spiro atoms. The summed E-state index contributed by atoms with van der Waals surface area (Å²) in [7, 11) is 0. The predicted molar refractivity (Wildman–Crippen MR) is 81.0 cm³/mol. The summed E-state index contributed by atoms with van der Waals surface area (Å²) in [5, 5.41) is 7.36. The number of aryl methyl sites for hydroxylation is 1. The van der Waals surface area contributed by atoms with Gasteiger partial charge in [0, 0.05) is 5.25 Å². The summed E-state index contributed by atoms with van der Waals surface area (Å²) < 4.78 is 7.17. The van der Waals surface area contributed by atoms with E-state index in [1.165, 1.54) is 4.68 Å². The number of nitrogens with zero attached hydrogens (tertiary/aromatic N) is 3. The van der Waals surface area contributed by atoms with Crippen molar-refractivity contribution in [3.8, 4) is 0 Å². The number of hydrogen-bond acceptors (Lipinski definition) is 6. The number of fused-ring (bicyclic) bond motifs is 5. The molecule has 2 fully saturated rings. The van der Waals surface area contributed by atoms with Crippen LogP contribution >= 0.6 is 11.8 Å². The van der Waals surface area contributed by atoms with Crippen molar-refractivity contribution >= 4 is 17.8 Å². The molecule has 0 aromatic carbocycles. The van der Waals surface area contributed by atoms with Gasteiger partial charge in [-0.1, -0.05) is 0 Å². The van der Waals surface area contributed by atoms with Crippen LogP contribution in [0.2, 0.25) is 0 Å². The number of carbonyl (C=O) groups excluding carboxylic acids is 1. The average Bonchev–Trinajstić information content (AvgIpc) is 2.77. The Kier molecular flexibility index (Phi) is 2.93. The molecule has 1 aromatic heterocycles. The number of hydrogen-bond donors (Lipinski definition) is 1. The number of carbonyl (C=O) groups is 1. The molecule has 4 rings (SSSR count). The highest BCUT2D eigenvalue weighted by Gasteiger charge is 2.54. The lowest BCUT2D eigenvalue weighted by atomic mass is 9.78. The number of aromatic nitrogens is 3. The molecule has 0 aliphatic carbocycles. The monoisotopic (exact) mass is 322 g/mol. The predicted octanol–water partition coefficient (Wildman–Crippen LogP) is 0.858. The number of amides is 1. The van der Waals surface area contributed by atoms with E-state index in [1.807, 2.05) is 0 Å². The highest BCUT2D eigenvalue weighted by Crippen LogP contribution is 2.53. The van der Waals surface area contributed by atoms with Crippen LogP contribution in [0.1, 0.15) is 37.7 Å². The number of rotatable bonds is 0. The van der Waals surface area contributed by atoms with Gasteiger partial charge in [-0.05, 0) is 33.1 Å². The van der Waals surface area contributed by atoms with E-state index in [1.54, 1.807) is 18.7 Å². The highest BCUT2D eigenvalue weighted by atomic mass is 32.2. The van der Waals surface area contributed by atoms with Gasteiger partial charge < -0.3 is 10.1 Å². The second-order valence-electron chi connectivity index (χ2n) is 6.78. The van der Waals surface area contributed by atoms with Crippen LogP contribution in [0.15, 0.2) is 4.79 Å². The highest BCUT2D eigenvalue weighted by molar-refractivity contribution is 8.00. The number of nitrogens with one attached hydrogen (secondary N) is 1. The van der Waals surface area contributed by atoms with Gasteiger partial charge in [-0.25, -0.2) is 4.79 Å².